The number of rotatable bonds is 6. The third kappa shape index (κ3) is 4.80. The van der Waals surface area contributed by atoms with Crippen molar-refractivity contribution in [3.8, 4) is 11.1 Å². The van der Waals surface area contributed by atoms with Crippen LogP contribution < -0.4 is 10.6 Å². The number of methoxy groups -OCH3 is 1. The number of anilines is 2. The summed E-state index contributed by atoms with van der Waals surface area (Å²) in [4.78, 5) is 24.3. The van der Waals surface area contributed by atoms with Gasteiger partial charge in [0.05, 0.1) is 0 Å². The lowest BCUT2D eigenvalue weighted by molar-refractivity contribution is -0.119. The highest BCUT2D eigenvalue weighted by Gasteiger charge is 2.12. The third-order valence-corrected chi connectivity index (χ3v) is 3.96. The van der Waals surface area contributed by atoms with Gasteiger partial charge in [0.2, 0.25) is 5.91 Å². The average molecular weight is 360 g/mol. The largest absolute Gasteiger partial charge is 0.375 e. The van der Waals surface area contributed by atoms with E-state index in [-0.39, 0.29) is 18.4 Å². The Morgan fingerprint density at radius 3 is 2.04 bits per heavy atom. The predicted molar refractivity (Wildman–Crippen MR) is 107 cm³/mol. The van der Waals surface area contributed by atoms with E-state index in [1.165, 1.54) is 7.11 Å². The van der Waals surface area contributed by atoms with Crippen LogP contribution in [0.2, 0.25) is 0 Å². The van der Waals surface area contributed by atoms with Gasteiger partial charge in [0.25, 0.3) is 5.91 Å². The molecule has 27 heavy (non-hydrogen) atoms. The van der Waals surface area contributed by atoms with Gasteiger partial charge in [-0.25, -0.2) is 0 Å². The first-order valence-electron chi connectivity index (χ1n) is 8.52. The Kier molecular flexibility index (Phi) is 5.97. The Morgan fingerprint density at radius 1 is 0.778 bits per heavy atom. The summed E-state index contributed by atoms with van der Waals surface area (Å²) in [6, 6.07) is 24.2. The molecule has 0 saturated heterocycles. The Labute approximate surface area is 158 Å². The van der Waals surface area contributed by atoms with E-state index >= 15 is 0 Å². The summed E-state index contributed by atoms with van der Waals surface area (Å²) in [6.45, 7) is -0.00520. The number of carbonyl (C=O) groups excluding carboxylic acids is 2. The van der Waals surface area contributed by atoms with Gasteiger partial charge in [-0.3, -0.25) is 9.59 Å². The number of carbonyl (C=O) groups is 2. The standard InChI is InChI=1S/C22H20N2O3/c1-27-15-21(25)23-17-11-13-18(14-12-17)24-22(26)20-10-6-5-9-19(20)16-7-3-2-4-8-16/h2-14H,15H2,1H3,(H,23,25)(H,24,26). The molecule has 0 saturated carbocycles. The maximum Gasteiger partial charge on any atom is 0.256 e. The van der Waals surface area contributed by atoms with Crippen LogP contribution >= 0.6 is 0 Å². The molecule has 0 bridgehead atoms. The molecule has 3 aromatic carbocycles. The van der Waals surface area contributed by atoms with Gasteiger partial charge in [-0.1, -0.05) is 48.5 Å². The monoisotopic (exact) mass is 360 g/mol. The van der Waals surface area contributed by atoms with Gasteiger partial charge in [-0.2, -0.15) is 0 Å². The third-order valence-electron chi connectivity index (χ3n) is 3.96. The molecule has 0 aromatic heterocycles. The molecule has 0 atom stereocenters. The topological polar surface area (TPSA) is 67.4 Å². The van der Waals surface area contributed by atoms with Gasteiger partial charge in [0, 0.05) is 24.0 Å². The van der Waals surface area contributed by atoms with Crippen LogP contribution in [0.5, 0.6) is 0 Å². The summed E-state index contributed by atoms with van der Waals surface area (Å²) in [6.07, 6.45) is 0. The molecular formula is C22H20N2O3. The van der Waals surface area contributed by atoms with Crippen LogP contribution in [0.25, 0.3) is 11.1 Å². The fourth-order valence-electron chi connectivity index (χ4n) is 2.71. The molecule has 0 unspecified atom stereocenters. The normalized spacial score (nSPS) is 10.3. The molecule has 2 amide bonds. The van der Waals surface area contributed by atoms with Gasteiger partial charge in [-0.05, 0) is 41.5 Å². The second-order valence-corrected chi connectivity index (χ2v) is 5.92. The average Bonchev–Trinajstić information content (AvgIpc) is 2.70. The van der Waals surface area contributed by atoms with Crippen LogP contribution in [-0.2, 0) is 9.53 Å². The number of ether oxygens (including phenoxy) is 1. The molecule has 136 valence electrons. The summed E-state index contributed by atoms with van der Waals surface area (Å²) in [7, 11) is 1.46. The fourth-order valence-corrected chi connectivity index (χ4v) is 2.71. The van der Waals surface area contributed by atoms with E-state index in [9.17, 15) is 9.59 Å². The van der Waals surface area contributed by atoms with Gasteiger partial charge < -0.3 is 15.4 Å². The number of hydrogen-bond donors (Lipinski definition) is 2. The first-order chi connectivity index (χ1) is 13.2. The molecule has 3 rings (SSSR count). The summed E-state index contributed by atoms with van der Waals surface area (Å²) in [5.41, 5.74) is 3.74. The van der Waals surface area contributed by atoms with Crippen molar-refractivity contribution >= 4 is 23.2 Å². The first kappa shape index (κ1) is 18.4. The molecule has 3 aromatic rings. The number of hydrogen-bond acceptors (Lipinski definition) is 3. The molecule has 5 heteroatoms. The molecule has 0 fully saturated rings. The van der Waals surface area contributed by atoms with Crippen molar-refractivity contribution in [3.63, 3.8) is 0 Å². The zero-order chi connectivity index (χ0) is 19.1. The minimum Gasteiger partial charge on any atom is -0.375 e. The van der Waals surface area contributed by atoms with Gasteiger partial charge in [0.1, 0.15) is 6.61 Å². The van der Waals surface area contributed by atoms with Gasteiger partial charge in [-0.15, -0.1) is 0 Å². The van der Waals surface area contributed by atoms with Gasteiger partial charge in [0.15, 0.2) is 0 Å². The van der Waals surface area contributed by atoms with E-state index in [0.717, 1.165) is 11.1 Å². The predicted octanol–water partition coefficient (Wildman–Crippen LogP) is 4.19. The van der Waals surface area contributed by atoms with Crippen LogP contribution in [0.1, 0.15) is 10.4 Å². The molecule has 0 radical (unpaired) electrons. The number of nitrogens with one attached hydrogen (secondary N) is 2. The second kappa shape index (κ2) is 8.78. The molecular weight excluding hydrogens is 340 g/mol. The SMILES string of the molecule is COCC(=O)Nc1ccc(NC(=O)c2ccccc2-c2ccccc2)cc1. The molecule has 0 aliphatic rings. The lowest BCUT2D eigenvalue weighted by atomic mass is 9.99. The Balaban J connectivity index is 1.74. The van der Waals surface area contributed by atoms with Crippen LogP contribution in [0, 0.1) is 0 Å². The van der Waals surface area contributed by atoms with Crippen LogP contribution in [0.3, 0.4) is 0 Å². The van der Waals surface area contributed by atoms with E-state index in [2.05, 4.69) is 10.6 Å². The molecule has 0 aliphatic heterocycles. The van der Waals surface area contributed by atoms with Crippen molar-refractivity contribution in [2.24, 2.45) is 0 Å². The molecule has 0 heterocycles. The second-order valence-electron chi connectivity index (χ2n) is 5.92. The highest BCUT2D eigenvalue weighted by atomic mass is 16.5. The summed E-state index contributed by atoms with van der Waals surface area (Å²) in [5.74, 6) is -0.420. The first-order valence-corrected chi connectivity index (χ1v) is 8.52. The van der Waals surface area contributed by atoms with Crippen molar-refractivity contribution in [3.05, 3.63) is 84.4 Å². The molecule has 5 nitrogen and oxygen atoms in total. The lowest BCUT2D eigenvalue weighted by Gasteiger charge is -2.11. The summed E-state index contributed by atoms with van der Waals surface area (Å²) >= 11 is 0. The maximum absolute atomic E-state index is 12.8. The number of amides is 2. The minimum absolute atomic E-state index is 0.00520. The molecule has 0 aliphatic carbocycles. The van der Waals surface area contributed by atoms with E-state index in [0.29, 0.717) is 16.9 Å². The zero-order valence-corrected chi connectivity index (χ0v) is 14.9. The molecule has 2 N–H and O–H groups in total. The maximum atomic E-state index is 12.8. The van der Waals surface area contributed by atoms with Crippen molar-refractivity contribution in [1.29, 1.82) is 0 Å². The summed E-state index contributed by atoms with van der Waals surface area (Å²) < 4.78 is 4.78. The van der Waals surface area contributed by atoms with Crippen LogP contribution in [0.4, 0.5) is 11.4 Å². The minimum atomic E-state index is -0.230. The lowest BCUT2D eigenvalue weighted by Crippen LogP contribution is -2.17. The molecule has 0 spiro atoms. The van der Waals surface area contributed by atoms with Crippen molar-refractivity contribution in [2.45, 2.75) is 0 Å². The summed E-state index contributed by atoms with van der Waals surface area (Å²) in [5, 5.41) is 5.61. The van der Waals surface area contributed by atoms with Crippen molar-refractivity contribution in [2.75, 3.05) is 24.4 Å². The number of benzene rings is 3. The fraction of sp³-hybridized carbons (Fsp3) is 0.0909. The van der Waals surface area contributed by atoms with E-state index in [1.807, 2.05) is 48.5 Å². The van der Waals surface area contributed by atoms with E-state index in [1.54, 1.807) is 30.3 Å². The smallest absolute Gasteiger partial charge is 0.256 e. The zero-order valence-electron chi connectivity index (χ0n) is 14.9. The van der Waals surface area contributed by atoms with Crippen LogP contribution in [-0.4, -0.2) is 25.5 Å². The van der Waals surface area contributed by atoms with E-state index in [4.69, 9.17) is 4.74 Å². The van der Waals surface area contributed by atoms with Crippen molar-refractivity contribution < 1.29 is 14.3 Å². The Hall–Kier alpha value is -3.44. The quantitative estimate of drug-likeness (QED) is 0.693. The Morgan fingerprint density at radius 2 is 1.37 bits per heavy atom. The highest BCUT2D eigenvalue weighted by Crippen LogP contribution is 2.24. The van der Waals surface area contributed by atoms with Crippen molar-refractivity contribution in [1.82, 2.24) is 0 Å². The Bertz CT molecular complexity index is 922. The van der Waals surface area contributed by atoms with E-state index < -0.39 is 0 Å². The van der Waals surface area contributed by atoms with Crippen LogP contribution in [0.15, 0.2) is 78.9 Å². The van der Waals surface area contributed by atoms with Gasteiger partial charge >= 0.3 is 0 Å². The highest BCUT2D eigenvalue weighted by molar-refractivity contribution is 6.08.